The van der Waals surface area contributed by atoms with Crippen LogP contribution in [0, 0.1) is 0 Å². The summed E-state index contributed by atoms with van der Waals surface area (Å²) in [6.45, 7) is 2.89. The van der Waals surface area contributed by atoms with Crippen LogP contribution in [0.2, 0.25) is 0 Å². The Balaban J connectivity index is 1.48. The molecule has 3 amide bonds. The van der Waals surface area contributed by atoms with Crippen LogP contribution >= 0.6 is 0 Å². The number of rotatable bonds is 9. The normalized spacial score (nSPS) is 10.2. The summed E-state index contributed by atoms with van der Waals surface area (Å²) in [5, 5.41) is 11.4. The SMILES string of the molecule is CCNC(=O)c1cccc(NCC(=O)Nc2ccc(C(=O)NCc3ccccc3)cc2)c1. The second kappa shape index (κ2) is 11.3. The van der Waals surface area contributed by atoms with Crippen LogP contribution in [0.3, 0.4) is 0 Å². The highest BCUT2D eigenvalue weighted by atomic mass is 16.2. The van der Waals surface area contributed by atoms with E-state index in [2.05, 4.69) is 21.3 Å². The number of carbonyl (C=O) groups excluding carboxylic acids is 3. The van der Waals surface area contributed by atoms with Crippen LogP contribution in [0.5, 0.6) is 0 Å². The van der Waals surface area contributed by atoms with Crippen molar-refractivity contribution >= 4 is 29.1 Å². The summed E-state index contributed by atoms with van der Waals surface area (Å²) in [5.41, 5.74) is 3.33. The van der Waals surface area contributed by atoms with Crippen LogP contribution in [0.15, 0.2) is 78.9 Å². The van der Waals surface area contributed by atoms with Crippen molar-refractivity contribution in [2.45, 2.75) is 13.5 Å². The summed E-state index contributed by atoms with van der Waals surface area (Å²) in [7, 11) is 0. The molecule has 0 bridgehead atoms. The first-order valence-electron chi connectivity index (χ1n) is 10.4. The van der Waals surface area contributed by atoms with Crippen molar-refractivity contribution in [3.63, 3.8) is 0 Å². The zero-order valence-electron chi connectivity index (χ0n) is 17.9. The maximum atomic E-state index is 12.3. The number of hydrogen-bond donors (Lipinski definition) is 4. The molecular formula is C25H26N4O3. The van der Waals surface area contributed by atoms with E-state index in [1.165, 1.54) is 0 Å². The maximum absolute atomic E-state index is 12.3. The van der Waals surface area contributed by atoms with Crippen LogP contribution in [0.25, 0.3) is 0 Å². The highest BCUT2D eigenvalue weighted by Gasteiger charge is 2.08. The Morgan fingerprint density at radius 1 is 0.719 bits per heavy atom. The third kappa shape index (κ3) is 6.70. The van der Waals surface area contributed by atoms with Gasteiger partial charge in [0.2, 0.25) is 5.91 Å². The predicted octanol–water partition coefficient (Wildman–Crippen LogP) is 3.42. The van der Waals surface area contributed by atoms with Crippen LogP contribution in [0.1, 0.15) is 33.2 Å². The van der Waals surface area contributed by atoms with Crippen molar-refractivity contribution < 1.29 is 14.4 Å². The molecule has 164 valence electrons. The third-order valence-corrected chi connectivity index (χ3v) is 4.64. The van der Waals surface area contributed by atoms with Gasteiger partial charge in [-0.15, -0.1) is 0 Å². The molecule has 3 rings (SSSR count). The highest BCUT2D eigenvalue weighted by Crippen LogP contribution is 2.12. The van der Waals surface area contributed by atoms with Gasteiger partial charge in [0, 0.05) is 35.6 Å². The quantitative estimate of drug-likeness (QED) is 0.418. The van der Waals surface area contributed by atoms with E-state index in [1.54, 1.807) is 48.5 Å². The summed E-state index contributed by atoms with van der Waals surface area (Å²) in [6.07, 6.45) is 0. The Bertz CT molecular complexity index is 1070. The molecular weight excluding hydrogens is 404 g/mol. The first-order valence-corrected chi connectivity index (χ1v) is 10.4. The molecule has 7 nitrogen and oxygen atoms in total. The lowest BCUT2D eigenvalue weighted by atomic mass is 10.1. The fourth-order valence-corrected chi connectivity index (χ4v) is 3.01. The second-order valence-corrected chi connectivity index (χ2v) is 7.09. The first kappa shape index (κ1) is 22.6. The molecule has 0 unspecified atom stereocenters. The van der Waals surface area contributed by atoms with Crippen molar-refractivity contribution in [2.24, 2.45) is 0 Å². The third-order valence-electron chi connectivity index (χ3n) is 4.64. The average Bonchev–Trinajstić information content (AvgIpc) is 2.83. The smallest absolute Gasteiger partial charge is 0.251 e. The topological polar surface area (TPSA) is 99.3 Å². The van der Waals surface area contributed by atoms with Crippen LogP contribution < -0.4 is 21.3 Å². The lowest BCUT2D eigenvalue weighted by Crippen LogP contribution is -2.24. The van der Waals surface area contributed by atoms with Gasteiger partial charge in [-0.05, 0) is 55.0 Å². The number of nitrogens with one attached hydrogen (secondary N) is 4. The molecule has 3 aromatic carbocycles. The van der Waals surface area contributed by atoms with Crippen molar-refractivity contribution in [1.29, 1.82) is 0 Å². The molecule has 0 fully saturated rings. The van der Waals surface area contributed by atoms with E-state index in [-0.39, 0.29) is 24.3 Å². The van der Waals surface area contributed by atoms with Gasteiger partial charge in [-0.2, -0.15) is 0 Å². The minimum Gasteiger partial charge on any atom is -0.376 e. The van der Waals surface area contributed by atoms with E-state index in [4.69, 9.17) is 0 Å². The second-order valence-electron chi connectivity index (χ2n) is 7.09. The fraction of sp³-hybridized carbons (Fsp3) is 0.160. The van der Waals surface area contributed by atoms with E-state index in [9.17, 15) is 14.4 Å². The maximum Gasteiger partial charge on any atom is 0.251 e. The molecule has 0 saturated carbocycles. The molecule has 0 spiro atoms. The number of anilines is 2. The van der Waals surface area contributed by atoms with Crippen molar-refractivity contribution in [2.75, 3.05) is 23.7 Å². The van der Waals surface area contributed by atoms with Gasteiger partial charge < -0.3 is 21.3 Å². The summed E-state index contributed by atoms with van der Waals surface area (Å²) in [5.74, 6) is -0.580. The van der Waals surface area contributed by atoms with E-state index in [1.807, 2.05) is 37.3 Å². The molecule has 0 aliphatic heterocycles. The predicted molar refractivity (Wildman–Crippen MR) is 126 cm³/mol. The van der Waals surface area contributed by atoms with Crippen molar-refractivity contribution in [3.05, 3.63) is 95.6 Å². The number of carbonyl (C=O) groups is 3. The Morgan fingerprint density at radius 3 is 2.16 bits per heavy atom. The average molecular weight is 431 g/mol. The standard InChI is InChI=1S/C25H26N4O3/c1-2-26-25(32)20-9-6-10-22(15-20)27-17-23(30)29-21-13-11-19(12-14-21)24(31)28-16-18-7-4-3-5-8-18/h3-15,27H,2,16-17H2,1H3,(H,26,32)(H,28,31)(H,29,30). The van der Waals surface area contributed by atoms with Crippen LogP contribution in [0.4, 0.5) is 11.4 Å². The molecule has 0 heterocycles. The first-order chi connectivity index (χ1) is 15.5. The Kier molecular flexibility index (Phi) is 7.97. The van der Waals surface area contributed by atoms with E-state index in [0.29, 0.717) is 35.6 Å². The largest absolute Gasteiger partial charge is 0.376 e. The van der Waals surface area contributed by atoms with Gasteiger partial charge in [0.05, 0.1) is 6.54 Å². The Hall–Kier alpha value is -4.13. The van der Waals surface area contributed by atoms with Gasteiger partial charge >= 0.3 is 0 Å². The Morgan fingerprint density at radius 2 is 1.44 bits per heavy atom. The molecule has 0 aliphatic carbocycles. The zero-order chi connectivity index (χ0) is 22.8. The van der Waals surface area contributed by atoms with E-state index in [0.717, 1.165) is 5.56 Å². The van der Waals surface area contributed by atoms with Crippen LogP contribution in [-0.2, 0) is 11.3 Å². The van der Waals surface area contributed by atoms with Crippen LogP contribution in [-0.4, -0.2) is 30.8 Å². The van der Waals surface area contributed by atoms with Crippen molar-refractivity contribution in [3.8, 4) is 0 Å². The molecule has 0 atom stereocenters. The summed E-state index contributed by atoms with van der Waals surface area (Å²) < 4.78 is 0. The summed E-state index contributed by atoms with van der Waals surface area (Å²) in [4.78, 5) is 36.5. The molecule has 0 aliphatic rings. The number of amides is 3. The zero-order valence-corrected chi connectivity index (χ0v) is 17.9. The highest BCUT2D eigenvalue weighted by molar-refractivity contribution is 5.97. The summed E-state index contributed by atoms with van der Waals surface area (Å²) >= 11 is 0. The van der Waals surface area contributed by atoms with Crippen molar-refractivity contribution in [1.82, 2.24) is 10.6 Å². The number of hydrogen-bond acceptors (Lipinski definition) is 4. The lowest BCUT2D eigenvalue weighted by Gasteiger charge is -2.10. The van der Waals surface area contributed by atoms with Gasteiger partial charge in [0.1, 0.15) is 0 Å². The van der Waals surface area contributed by atoms with Gasteiger partial charge in [0.15, 0.2) is 0 Å². The lowest BCUT2D eigenvalue weighted by molar-refractivity contribution is -0.114. The molecule has 0 radical (unpaired) electrons. The Labute approximate surface area is 187 Å². The molecule has 0 aromatic heterocycles. The minimum absolute atomic E-state index is 0.0398. The van der Waals surface area contributed by atoms with E-state index >= 15 is 0 Å². The summed E-state index contributed by atoms with van der Waals surface area (Å²) in [6, 6.07) is 23.3. The molecule has 3 aromatic rings. The number of benzene rings is 3. The molecule has 32 heavy (non-hydrogen) atoms. The molecule has 4 N–H and O–H groups in total. The monoisotopic (exact) mass is 430 g/mol. The fourth-order valence-electron chi connectivity index (χ4n) is 3.01. The molecule has 7 heteroatoms. The van der Waals surface area contributed by atoms with Gasteiger partial charge in [0.25, 0.3) is 11.8 Å². The minimum atomic E-state index is -0.241. The van der Waals surface area contributed by atoms with E-state index < -0.39 is 0 Å². The van der Waals surface area contributed by atoms with Gasteiger partial charge in [-0.25, -0.2) is 0 Å². The van der Waals surface area contributed by atoms with Gasteiger partial charge in [-0.1, -0.05) is 36.4 Å². The van der Waals surface area contributed by atoms with Gasteiger partial charge in [-0.3, -0.25) is 14.4 Å². The molecule has 0 saturated heterocycles.